The van der Waals surface area contributed by atoms with Crippen molar-refractivity contribution in [3.63, 3.8) is 0 Å². The number of carbonyl (C=O) groups excluding carboxylic acids is 1. The SMILES string of the molecule is COc1cc(F)ccc1Oc1ccc(OC(F)(F)F)cc1C(=O)Nc1cn[nH]c(=O)c1. The van der Waals surface area contributed by atoms with E-state index in [2.05, 4.69) is 20.3 Å². The van der Waals surface area contributed by atoms with Gasteiger partial charge in [-0.2, -0.15) is 5.10 Å². The van der Waals surface area contributed by atoms with E-state index >= 15 is 0 Å². The van der Waals surface area contributed by atoms with Gasteiger partial charge in [0.2, 0.25) is 0 Å². The van der Waals surface area contributed by atoms with Crippen molar-refractivity contribution < 1.29 is 36.6 Å². The molecular formula is C19H13F4N3O5. The van der Waals surface area contributed by atoms with Crippen molar-refractivity contribution in [2.75, 3.05) is 12.4 Å². The highest BCUT2D eigenvalue weighted by Crippen LogP contribution is 2.36. The Morgan fingerprint density at radius 2 is 1.81 bits per heavy atom. The number of amides is 1. The fourth-order valence-corrected chi connectivity index (χ4v) is 2.46. The average Bonchev–Trinajstić information content (AvgIpc) is 2.69. The standard InChI is InChI=1S/C19H13F4N3O5/c1-29-16-6-10(20)2-4-15(16)30-14-5-3-12(31-19(21,22)23)8-13(14)18(28)25-11-7-17(27)26-24-9-11/h2-9H,1H3,(H2,25,26,27,28). The summed E-state index contributed by atoms with van der Waals surface area (Å²) in [5.41, 5.74) is -0.992. The summed E-state index contributed by atoms with van der Waals surface area (Å²) in [4.78, 5) is 24.0. The molecule has 2 N–H and O–H groups in total. The number of methoxy groups -OCH3 is 1. The Bertz CT molecular complexity index is 1160. The van der Waals surface area contributed by atoms with Gasteiger partial charge in [0.15, 0.2) is 11.5 Å². The van der Waals surface area contributed by atoms with Crippen molar-refractivity contribution in [1.82, 2.24) is 10.2 Å². The van der Waals surface area contributed by atoms with Crippen LogP contribution in [0.25, 0.3) is 0 Å². The van der Waals surface area contributed by atoms with E-state index in [0.29, 0.717) is 0 Å². The first-order chi connectivity index (χ1) is 14.6. The molecule has 2 aromatic carbocycles. The van der Waals surface area contributed by atoms with Gasteiger partial charge in [0, 0.05) is 12.1 Å². The number of aromatic amines is 1. The van der Waals surface area contributed by atoms with Gasteiger partial charge < -0.3 is 19.5 Å². The van der Waals surface area contributed by atoms with Crippen molar-refractivity contribution >= 4 is 11.6 Å². The Kier molecular flexibility index (Phi) is 6.09. The van der Waals surface area contributed by atoms with Crippen LogP contribution in [-0.2, 0) is 0 Å². The van der Waals surface area contributed by atoms with Crippen LogP contribution in [0.5, 0.6) is 23.0 Å². The molecule has 0 fully saturated rings. The number of H-pyrrole nitrogens is 1. The lowest BCUT2D eigenvalue weighted by Crippen LogP contribution is -2.19. The molecule has 0 bridgehead atoms. The quantitative estimate of drug-likeness (QED) is 0.566. The third-order valence-electron chi connectivity index (χ3n) is 3.70. The van der Waals surface area contributed by atoms with Gasteiger partial charge in [0.1, 0.15) is 17.3 Å². The van der Waals surface area contributed by atoms with Crippen LogP contribution in [0.15, 0.2) is 53.5 Å². The van der Waals surface area contributed by atoms with E-state index in [-0.39, 0.29) is 28.5 Å². The molecule has 0 aliphatic rings. The number of rotatable bonds is 6. The lowest BCUT2D eigenvalue weighted by molar-refractivity contribution is -0.274. The molecule has 0 radical (unpaired) electrons. The van der Waals surface area contributed by atoms with Crippen LogP contribution in [0.4, 0.5) is 23.2 Å². The van der Waals surface area contributed by atoms with E-state index in [0.717, 1.165) is 42.6 Å². The second kappa shape index (κ2) is 8.73. The van der Waals surface area contributed by atoms with Crippen LogP contribution in [-0.4, -0.2) is 29.6 Å². The van der Waals surface area contributed by atoms with Gasteiger partial charge in [0.25, 0.3) is 11.5 Å². The van der Waals surface area contributed by atoms with Crippen LogP contribution in [0.2, 0.25) is 0 Å². The van der Waals surface area contributed by atoms with E-state index in [1.54, 1.807) is 0 Å². The van der Waals surface area contributed by atoms with Gasteiger partial charge >= 0.3 is 6.36 Å². The zero-order valence-corrected chi connectivity index (χ0v) is 15.6. The molecule has 0 saturated carbocycles. The van der Waals surface area contributed by atoms with Crippen molar-refractivity contribution in [2.45, 2.75) is 6.36 Å². The van der Waals surface area contributed by atoms with Gasteiger partial charge in [-0.25, -0.2) is 9.49 Å². The molecule has 12 heteroatoms. The van der Waals surface area contributed by atoms with Gasteiger partial charge in [-0.05, 0) is 30.3 Å². The summed E-state index contributed by atoms with van der Waals surface area (Å²) in [6.07, 6.45) is -3.87. The highest BCUT2D eigenvalue weighted by molar-refractivity contribution is 6.06. The largest absolute Gasteiger partial charge is 0.573 e. The number of alkyl halides is 3. The lowest BCUT2D eigenvalue weighted by atomic mass is 10.1. The third-order valence-corrected chi connectivity index (χ3v) is 3.70. The third kappa shape index (κ3) is 5.72. The Morgan fingerprint density at radius 1 is 1.06 bits per heavy atom. The summed E-state index contributed by atoms with van der Waals surface area (Å²) in [6.45, 7) is 0. The minimum Gasteiger partial charge on any atom is -0.493 e. The number of hydrogen-bond acceptors (Lipinski definition) is 6. The normalized spacial score (nSPS) is 11.0. The van der Waals surface area contributed by atoms with Gasteiger partial charge in [-0.3, -0.25) is 9.59 Å². The summed E-state index contributed by atoms with van der Waals surface area (Å²) in [5, 5.41) is 7.94. The fraction of sp³-hybridized carbons (Fsp3) is 0.105. The van der Waals surface area contributed by atoms with Crippen molar-refractivity contribution in [1.29, 1.82) is 0 Å². The second-order valence-electron chi connectivity index (χ2n) is 5.89. The lowest BCUT2D eigenvalue weighted by Gasteiger charge is -2.16. The number of nitrogens with one attached hydrogen (secondary N) is 2. The zero-order chi connectivity index (χ0) is 22.6. The Morgan fingerprint density at radius 3 is 2.48 bits per heavy atom. The molecule has 8 nitrogen and oxygen atoms in total. The maximum atomic E-state index is 13.4. The smallest absolute Gasteiger partial charge is 0.493 e. The van der Waals surface area contributed by atoms with Crippen LogP contribution < -0.4 is 25.1 Å². The van der Waals surface area contributed by atoms with Gasteiger partial charge in [0.05, 0.1) is 24.6 Å². The molecule has 31 heavy (non-hydrogen) atoms. The molecule has 0 atom stereocenters. The molecular weight excluding hydrogens is 426 g/mol. The number of nitrogens with zero attached hydrogens (tertiary/aromatic N) is 1. The van der Waals surface area contributed by atoms with E-state index < -0.39 is 29.4 Å². The predicted octanol–water partition coefficient (Wildman–Crippen LogP) is 3.86. The number of benzene rings is 2. The van der Waals surface area contributed by atoms with Crippen LogP contribution in [0.1, 0.15) is 10.4 Å². The number of ether oxygens (including phenoxy) is 3. The number of anilines is 1. The van der Waals surface area contributed by atoms with Gasteiger partial charge in [-0.15, -0.1) is 13.2 Å². The maximum Gasteiger partial charge on any atom is 0.573 e. The number of hydrogen-bond donors (Lipinski definition) is 2. The zero-order valence-electron chi connectivity index (χ0n) is 15.6. The first-order valence-electron chi connectivity index (χ1n) is 8.42. The first-order valence-corrected chi connectivity index (χ1v) is 8.42. The molecule has 1 aromatic heterocycles. The second-order valence-corrected chi connectivity index (χ2v) is 5.89. The summed E-state index contributed by atoms with van der Waals surface area (Å²) in [6, 6.07) is 7.13. The molecule has 162 valence electrons. The van der Waals surface area contributed by atoms with Crippen molar-refractivity contribution in [2.24, 2.45) is 0 Å². The fourth-order valence-electron chi connectivity index (χ4n) is 2.46. The molecule has 1 amide bonds. The highest BCUT2D eigenvalue weighted by atomic mass is 19.4. The minimum absolute atomic E-state index is 0.000243. The number of carbonyl (C=O) groups is 1. The van der Waals surface area contributed by atoms with E-state index in [9.17, 15) is 27.2 Å². The predicted molar refractivity (Wildman–Crippen MR) is 99.0 cm³/mol. The number of halogens is 4. The van der Waals surface area contributed by atoms with E-state index in [1.165, 1.54) is 13.2 Å². The molecule has 0 saturated heterocycles. The summed E-state index contributed by atoms with van der Waals surface area (Å²) in [7, 11) is 1.26. The molecule has 1 heterocycles. The van der Waals surface area contributed by atoms with Gasteiger partial charge in [-0.1, -0.05) is 0 Å². The topological polar surface area (TPSA) is 103 Å². The summed E-state index contributed by atoms with van der Waals surface area (Å²) < 4.78 is 65.6. The van der Waals surface area contributed by atoms with Crippen LogP contribution in [0, 0.1) is 5.82 Å². The van der Waals surface area contributed by atoms with E-state index in [1.807, 2.05) is 0 Å². The van der Waals surface area contributed by atoms with Crippen molar-refractivity contribution in [3.8, 4) is 23.0 Å². The van der Waals surface area contributed by atoms with Crippen LogP contribution in [0.3, 0.4) is 0 Å². The Hall–Kier alpha value is -4.09. The molecule has 0 spiro atoms. The highest BCUT2D eigenvalue weighted by Gasteiger charge is 2.32. The molecule has 0 aliphatic carbocycles. The molecule has 0 unspecified atom stereocenters. The Labute approximate surface area is 171 Å². The Balaban J connectivity index is 1.99. The first kappa shape index (κ1) is 21.6. The average molecular weight is 439 g/mol. The van der Waals surface area contributed by atoms with Crippen LogP contribution >= 0.6 is 0 Å². The van der Waals surface area contributed by atoms with E-state index in [4.69, 9.17) is 9.47 Å². The maximum absolute atomic E-state index is 13.4. The number of aromatic nitrogens is 2. The van der Waals surface area contributed by atoms with Crippen molar-refractivity contribution in [3.05, 3.63) is 70.4 Å². The molecule has 0 aliphatic heterocycles. The summed E-state index contributed by atoms with van der Waals surface area (Å²) >= 11 is 0. The monoisotopic (exact) mass is 439 g/mol. The summed E-state index contributed by atoms with van der Waals surface area (Å²) in [5.74, 6) is -2.41. The molecule has 3 aromatic rings. The molecule has 3 rings (SSSR count). The minimum atomic E-state index is -4.99.